The van der Waals surface area contributed by atoms with E-state index in [0.29, 0.717) is 0 Å². The van der Waals surface area contributed by atoms with Gasteiger partial charge in [-0.15, -0.1) is 0 Å². The number of methoxy groups -OCH3 is 1. The fourth-order valence-electron chi connectivity index (χ4n) is 1.19. The maximum Gasteiger partial charge on any atom is 0.321 e. The Labute approximate surface area is 99.7 Å². The number of nitro groups is 1. The van der Waals surface area contributed by atoms with Crippen molar-refractivity contribution < 1.29 is 14.5 Å². The first-order valence-electron chi connectivity index (χ1n) is 4.00. The number of carbonyl (C=O) groups excluding carboxylic acids is 1. The molecule has 0 aromatic heterocycles. The highest BCUT2D eigenvalue weighted by atomic mass is 127. The summed E-state index contributed by atoms with van der Waals surface area (Å²) in [5.41, 5.74) is -0.200. The molecule has 15 heavy (non-hydrogen) atoms. The van der Waals surface area contributed by atoms with Crippen molar-refractivity contribution in [3.63, 3.8) is 0 Å². The monoisotopic (exact) mass is 321 g/mol. The molecule has 0 saturated carbocycles. The van der Waals surface area contributed by atoms with Crippen LogP contribution in [0.25, 0.3) is 0 Å². The minimum Gasteiger partial charge on any atom is -0.490 e. The van der Waals surface area contributed by atoms with E-state index in [1.54, 1.807) is 0 Å². The third-order valence-electron chi connectivity index (χ3n) is 1.82. The zero-order chi connectivity index (χ0) is 11.6. The lowest BCUT2D eigenvalue weighted by Crippen LogP contribution is -2.03. The summed E-state index contributed by atoms with van der Waals surface area (Å²) in [5, 5.41) is 10.8. The minimum atomic E-state index is -0.606. The molecule has 0 aliphatic rings. The van der Waals surface area contributed by atoms with Gasteiger partial charge in [0, 0.05) is 9.64 Å². The first-order chi connectivity index (χ1) is 6.97. The van der Waals surface area contributed by atoms with Crippen LogP contribution in [0.15, 0.2) is 12.1 Å². The molecule has 0 atom stereocenters. The summed E-state index contributed by atoms with van der Waals surface area (Å²) in [6, 6.07) is 2.99. The summed E-state index contributed by atoms with van der Waals surface area (Å²) in [4.78, 5) is 21.4. The van der Waals surface area contributed by atoms with Crippen LogP contribution in [-0.4, -0.2) is 17.8 Å². The second-order valence-electron chi connectivity index (χ2n) is 2.82. The quantitative estimate of drug-likeness (QED) is 0.371. The van der Waals surface area contributed by atoms with Crippen molar-refractivity contribution in [3.8, 4) is 5.75 Å². The van der Waals surface area contributed by atoms with Crippen LogP contribution >= 0.6 is 22.6 Å². The highest BCUT2D eigenvalue weighted by Gasteiger charge is 2.24. The molecule has 6 heteroatoms. The molecule has 0 bridgehead atoms. The summed E-state index contributed by atoms with van der Waals surface area (Å²) >= 11 is 1.97. The molecule has 80 valence electrons. The van der Waals surface area contributed by atoms with E-state index in [9.17, 15) is 14.9 Å². The van der Waals surface area contributed by atoms with Crippen molar-refractivity contribution in [1.29, 1.82) is 0 Å². The fraction of sp³-hybridized carbons (Fsp3) is 0.222. The second kappa shape index (κ2) is 4.56. The van der Waals surface area contributed by atoms with Gasteiger partial charge in [-0.1, -0.05) is 0 Å². The Hall–Kier alpha value is -1.18. The number of nitrogens with zero attached hydrogens (tertiary/aromatic N) is 1. The summed E-state index contributed by atoms with van der Waals surface area (Å²) < 4.78 is 5.60. The molecule has 1 aromatic rings. The number of benzene rings is 1. The molecule has 0 N–H and O–H groups in total. The molecular formula is C9H8INO4. The highest BCUT2D eigenvalue weighted by Crippen LogP contribution is 2.33. The van der Waals surface area contributed by atoms with E-state index in [2.05, 4.69) is 0 Å². The Morgan fingerprint density at radius 1 is 1.53 bits per heavy atom. The summed E-state index contributed by atoms with van der Waals surface area (Å²) in [6.07, 6.45) is 0. The van der Waals surface area contributed by atoms with Crippen molar-refractivity contribution in [2.45, 2.75) is 6.92 Å². The largest absolute Gasteiger partial charge is 0.490 e. The molecule has 0 aliphatic heterocycles. The molecule has 0 aliphatic carbocycles. The van der Waals surface area contributed by atoms with Gasteiger partial charge in [0.15, 0.2) is 11.5 Å². The van der Waals surface area contributed by atoms with E-state index < -0.39 is 4.92 Å². The van der Waals surface area contributed by atoms with Crippen LogP contribution in [0.2, 0.25) is 0 Å². The Morgan fingerprint density at radius 2 is 2.13 bits per heavy atom. The summed E-state index contributed by atoms with van der Waals surface area (Å²) in [6.45, 7) is 1.29. The molecule has 5 nitrogen and oxygen atoms in total. The average Bonchev–Trinajstić information content (AvgIpc) is 2.15. The predicted octanol–water partition coefficient (Wildman–Crippen LogP) is 2.41. The van der Waals surface area contributed by atoms with Crippen molar-refractivity contribution in [3.05, 3.63) is 31.4 Å². The first kappa shape index (κ1) is 11.9. The zero-order valence-corrected chi connectivity index (χ0v) is 10.3. The Bertz CT molecular complexity index is 430. The lowest BCUT2D eigenvalue weighted by molar-refractivity contribution is -0.386. The van der Waals surface area contributed by atoms with Crippen LogP contribution < -0.4 is 4.74 Å². The van der Waals surface area contributed by atoms with E-state index in [1.807, 2.05) is 22.6 Å². The second-order valence-corrected chi connectivity index (χ2v) is 4.06. The van der Waals surface area contributed by atoms with E-state index in [4.69, 9.17) is 4.74 Å². The van der Waals surface area contributed by atoms with Gasteiger partial charge in [0.25, 0.3) is 0 Å². The maximum absolute atomic E-state index is 11.2. The zero-order valence-electron chi connectivity index (χ0n) is 8.11. The lowest BCUT2D eigenvalue weighted by atomic mass is 10.1. The molecule has 1 rings (SSSR count). The third kappa shape index (κ3) is 2.44. The van der Waals surface area contributed by atoms with Crippen LogP contribution in [0.4, 0.5) is 5.69 Å². The number of Topliss-reactive ketones (excluding diaryl/α,β-unsaturated/α-hetero) is 1. The van der Waals surface area contributed by atoms with Crippen molar-refractivity contribution in [2.75, 3.05) is 7.11 Å². The molecule has 0 saturated heterocycles. The molecule has 0 radical (unpaired) electrons. The smallest absolute Gasteiger partial charge is 0.321 e. The number of hydrogen-bond donors (Lipinski definition) is 0. The minimum absolute atomic E-state index is 0.0729. The number of halogens is 1. The van der Waals surface area contributed by atoms with Crippen LogP contribution in [0.1, 0.15) is 17.3 Å². The molecule has 0 heterocycles. The molecule has 0 spiro atoms. The van der Waals surface area contributed by atoms with Gasteiger partial charge in [-0.05, 0) is 35.6 Å². The number of rotatable bonds is 3. The van der Waals surface area contributed by atoms with E-state index in [-0.39, 0.29) is 22.8 Å². The van der Waals surface area contributed by atoms with Crippen LogP contribution in [-0.2, 0) is 0 Å². The molecule has 0 fully saturated rings. The number of hydrogen-bond acceptors (Lipinski definition) is 4. The molecule has 1 aromatic carbocycles. The topological polar surface area (TPSA) is 69.4 Å². The highest BCUT2D eigenvalue weighted by molar-refractivity contribution is 14.1. The van der Waals surface area contributed by atoms with Crippen molar-refractivity contribution >= 4 is 34.1 Å². The van der Waals surface area contributed by atoms with E-state index in [1.165, 1.54) is 26.2 Å². The van der Waals surface area contributed by atoms with E-state index >= 15 is 0 Å². The fourth-order valence-corrected chi connectivity index (χ4v) is 1.78. The predicted molar refractivity (Wildman–Crippen MR) is 62.4 cm³/mol. The van der Waals surface area contributed by atoms with Gasteiger partial charge in [0.2, 0.25) is 0 Å². The first-order valence-corrected chi connectivity index (χ1v) is 5.08. The van der Waals surface area contributed by atoms with Gasteiger partial charge in [-0.25, -0.2) is 0 Å². The van der Waals surface area contributed by atoms with Gasteiger partial charge in [-0.2, -0.15) is 0 Å². The lowest BCUT2D eigenvalue weighted by Gasteiger charge is -2.05. The van der Waals surface area contributed by atoms with Crippen molar-refractivity contribution in [2.24, 2.45) is 0 Å². The maximum atomic E-state index is 11.2. The van der Waals surface area contributed by atoms with Crippen LogP contribution in [0.3, 0.4) is 0 Å². The van der Waals surface area contributed by atoms with Crippen LogP contribution in [0.5, 0.6) is 5.75 Å². The van der Waals surface area contributed by atoms with Crippen LogP contribution in [0, 0.1) is 13.7 Å². The van der Waals surface area contributed by atoms with E-state index in [0.717, 1.165) is 3.57 Å². The van der Waals surface area contributed by atoms with Crippen molar-refractivity contribution in [1.82, 2.24) is 0 Å². The Kier molecular flexibility index (Phi) is 3.61. The Morgan fingerprint density at radius 3 is 2.53 bits per heavy atom. The SMILES string of the molecule is COc1cc(I)cc(C(C)=O)c1[N+](=O)[O-]. The third-order valence-corrected chi connectivity index (χ3v) is 2.44. The summed E-state index contributed by atoms with van der Waals surface area (Å²) in [7, 11) is 1.34. The molecular weight excluding hydrogens is 313 g/mol. The van der Waals surface area contributed by atoms with Gasteiger partial charge in [-0.3, -0.25) is 14.9 Å². The summed E-state index contributed by atoms with van der Waals surface area (Å²) in [5.74, 6) is -0.240. The molecule has 0 amide bonds. The standard InChI is InChI=1S/C9H8INO4/c1-5(12)7-3-6(10)4-8(15-2)9(7)11(13)14/h3-4H,1-2H3. The normalized spacial score (nSPS) is 9.80. The average molecular weight is 321 g/mol. The van der Waals surface area contributed by atoms with Gasteiger partial charge in [0.05, 0.1) is 12.0 Å². The van der Waals surface area contributed by atoms with Gasteiger partial charge >= 0.3 is 5.69 Å². The number of ether oxygens (including phenoxy) is 1. The molecule has 0 unspecified atom stereocenters. The van der Waals surface area contributed by atoms with Gasteiger partial charge in [0.1, 0.15) is 5.56 Å². The Balaban J connectivity index is 3.54. The number of ketones is 1. The number of carbonyl (C=O) groups is 1. The number of nitro benzene ring substituents is 1. The van der Waals surface area contributed by atoms with Gasteiger partial charge < -0.3 is 4.74 Å².